The summed E-state index contributed by atoms with van der Waals surface area (Å²) in [5.74, 6) is 0.141. The number of esters is 1. The Morgan fingerprint density at radius 3 is 2.32 bits per heavy atom. The van der Waals surface area contributed by atoms with Gasteiger partial charge in [-0.3, -0.25) is 9.78 Å². The lowest BCUT2D eigenvalue weighted by Crippen LogP contribution is -2.38. The quantitative estimate of drug-likeness (QED) is 0.351. The molecule has 1 aliphatic heterocycles. The van der Waals surface area contributed by atoms with Crippen LogP contribution in [0.25, 0.3) is 22.5 Å². The standard InChI is InChI=1S/C30H28N4O3/c1-20-8-3-4-10-23(20)26-19-32-28(22-9-7-15-31-18-22)33-27(26)21-13-16-34(17-14-21)29(35)24-11-5-6-12-25(24)30(36)37-2/h3-12,15,18-19,21H,13-14,16-17H2,1-2H3. The average Bonchev–Trinajstić information content (AvgIpc) is 2.97. The third kappa shape index (κ3) is 4.98. The molecule has 3 heterocycles. The van der Waals surface area contributed by atoms with E-state index in [2.05, 4.69) is 29.0 Å². The van der Waals surface area contributed by atoms with Crippen molar-refractivity contribution in [1.82, 2.24) is 19.9 Å². The predicted octanol–water partition coefficient (Wildman–Crippen LogP) is 5.32. The Labute approximate surface area is 216 Å². The molecule has 0 spiro atoms. The van der Waals surface area contributed by atoms with Gasteiger partial charge in [-0.25, -0.2) is 14.8 Å². The fraction of sp³-hybridized carbons (Fsp3) is 0.233. The normalized spacial score (nSPS) is 13.8. The van der Waals surface area contributed by atoms with Gasteiger partial charge in [0.25, 0.3) is 5.91 Å². The molecule has 37 heavy (non-hydrogen) atoms. The molecule has 7 nitrogen and oxygen atoms in total. The highest BCUT2D eigenvalue weighted by Gasteiger charge is 2.29. The number of likely N-dealkylation sites (tertiary alicyclic amines) is 1. The van der Waals surface area contributed by atoms with Crippen LogP contribution in [0.4, 0.5) is 0 Å². The van der Waals surface area contributed by atoms with E-state index in [1.165, 1.54) is 7.11 Å². The van der Waals surface area contributed by atoms with Crippen molar-refractivity contribution in [2.75, 3.05) is 20.2 Å². The SMILES string of the molecule is COC(=O)c1ccccc1C(=O)N1CCC(c2nc(-c3cccnc3)ncc2-c2ccccc2C)CC1. The second kappa shape index (κ2) is 10.7. The fourth-order valence-electron chi connectivity index (χ4n) is 4.91. The average molecular weight is 493 g/mol. The Kier molecular flexibility index (Phi) is 7.03. The molecule has 1 saturated heterocycles. The Balaban J connectivity index is 1.44. The Morgan fingerprint density at radius 1 is 0.892 bits per heavy atom. The van der Waals surface area contributed by atoms with Crippen molar-refractivity contribution < 1.29 is 14.3 Å². The molecule has 1 aliphatic rings. The topological polar surface area (TPSA) is 85.3 Å². The number of aromatic nitrogens is 3. The van der Waals surface area contributed by atoms with Gasteiger partial charge in [0.2, 0.25) is 0 Å². The third-order valence-corrected chi connectivity index (χ3v) is 6.90. The van der Waals surface area contributed by atoms with Crippen LogP contribution in [0.2, 0.25) is 0 Å². The monoisotopic (exact) mass is 492 g/mol. The summed E-state index contributed by atoms with van der Waals surface area (Å²) >= 11 is 0. The summed E-state index contributed by atoms with van der Waals surface area (Å²) in [4.78, 5) is 41.3. The first-order valence-electron chi connectivity index (χ1n) is 12.4. The van der Waals surface area contributed by atoms with E-state index in [4.69, 9.17) is 9.72 Å². The first-order chi connectivity index (χ1) is 18.1. The van der Waals surface area contributed by atoms with Crippen molar-refractivity contribution in [3.63, 3.8) is 0 Å². The number of ether oxygens (including phenoxy) is 1. The van der Waals surface area contributed by atoms with Gasteiger partial charge >= 0.3 is 5.97 Å². The zero-order valence-corrected chi connectivity index (χ0v) is 20.9. The van der Waals surface area contributed by atoms with Crippen molar-refractivity contribution in [3.8, 4) is 22.5 Å². The van der Waals surface area contributed by atoms with Crippen molar-refractivity contribution in [3.05, 3.63) is 102 Å². The number of amides is 1. The largest absolute Gasteiger partial charge is 0.465 e. The summed E-state index contributed by atoms with van der Waals surface area (Å²) in [6, 6.07) is 18.9. The van der Waals surface area contributed by atoms with Crippen LogP contribution in [0.5, 0.6) is 0 Å². The molecular weight excluding hydrogens is 464 g/mol. The van der Waals surface area contributed by atoms with Crippen molar-refractivity contribution in [1.29, 1.82) is 0 Å². The fourth-order valence-corrected chi connectivity index (χ4v) is 4.91. The molecule has 5 rings (SSSR count). The lowest BCUT2D eigenvalue weighted by atomic mass is 9.87. The summed E-state index contributed by atoms with van der Waals surface area (Å²) in [6.45, 7) is 3.23. The van der Waals surface area contributed by atoms with E-state index in [0.29, 0.717) is 24.5 Å². The summed E-state index contributed by atoms with van der Waals surface area (Å²) in [5.41, 5.74) is 5.81. The Morgan fingerprint density at radius 2 is 1.62 bits per heavy atom. The minimum Gasteiger partial charge on any atom is -0.465 e. The molecular formula is C30H28N4O3. The van der Waals surface area contributed by atoms with Gasteiger partial charge in [-0.2, -0.15) is 0 Å². The van der Waals surface area contributed by atoms with Gasteiger partial charge < -0.3 is 9.64 Å². The van der Waals surface area contributed by atoms with Gasteiger partial charge in [-0.05, 0) is 55.2 Å². The molecule has 1 amide bonds. The molecule has 0 radical (unpaired) electrons. The van der Waals surface area contributed by atoms with Crippen LogP contribution >= 0.6 is 0 Å². The smallest absolute Gasteiger partial charge is 0.338 e. The molecule has 186 valence electrons. The van der Waals surface area contributed by atoms with Gasteiger partial charge in [-0.15, -0.1) is 0 Å². The number of methoxy groups -OCH3 is 1. The van der Waals surface area contributed by atoms with Crippen molar-refractivity contribution >= 4 is 11.9 Å². The number of hydrogen-bond donors (Lipinski definition) is 0. The molecule has 4 aromatic rings. The number of hydrogen-bond acceptors (Lipinski definition) is 6. The highest BCUT2D eigenvalue weighted by molar-refractivity contribution is 6.05. The molecule has 0 N–H and O–H groups in total. The summed E-state index contributed by atoms with van der Waals surface area (Å²) in [7, 11) is 1.32. The minimum atomic E-state index is -0.509. The molecule has 2 aromatic heterocycles. The Hall–Kier alpha value is -4.39. The van der Waals surface area contributed by atoms with E-state index in [1.807, 2.05) is 35.4 Å². The first kappa shape index (κ1) is 24.3. The van der Waals surface area contributed by atoms with Crippen LogP contribution < -0.4 is 0 Å². The maximum Gasteiger partial charge on any atom is 0.338 e. The van der Waals surface area contributed by atoms with E-state index < -0.39 is 5.97 Å². The van der Waals surface area contributed by atoms with E-state index in [1.54, 1.807) is 36.7 Å². The number of nitrogens with zero attached hydrogens (tertiary/aromatic N) is 4. The lowest BCUT2D eigenvalue weighted by Gasteiger charge is -2.33. The molecule has 2 aromatic carbocycles. The van der Waals surface area contributed by atoms with Gasteiger partial charge in [0.1, 0.15) is 0 Å². The highest BCUT2D eigenvalue weighted by Crippen LogP contribution is 2.36. The second-order valence-corrected chi connectivity index (χ2v) is 9.15. The number of benzene rings is 2. The van der Waals surface area contributed by atoms with Gasteiger partial charge in [0, 0.05) is 48.7 Å². The van der Waals surface area contributed by atoms with Crippen LogP contribution in [-0.2, 0) is 4.74 Å². The number of pyridine rings is 1. The highest BCUT2D eigenvalue weighted by atomic mass is 16.5. The van der Waals surface area contributed by atoms with E-state index in [9.17, 15) is 9.59 Å². The predicted molar refractivity (Wildman–Crippen MR) is 141 cm³/mol. The zero-order chi connectivity index (χ0) is 25.8. The van der Waals surface area contributed by atoms with Crippen LogP contribution in [-0.4, -0.2) is 51.9 Å². The summed E-state index contributed by atoms with van der Waals surface area (Å²) < 4.78 is 4.87. The molecule has 0 saturated carbocycles. The van der Waals surface area contributed by atoms with E-state index >= 15 is 0 Å². The Bertz CT molecular complexity index is 1430. The third-order valence-electron chi connectivity index (χ3n) is 6.90. The molecule has 7 heteroatoms. The number of carbonyl (C=O) groups excluding carboxylic acids is 2. The van der Waals surface area contributed by atoms with Crippen molar-refractivity contribution in [2.24, 2.45) is 0 Å². The van der Waals surface area contributed by atoms with Crippen molar-refractivity contribution in [2.45, 2.75) is 25.7 Å². The summed E-state index contributed by atoms with van der Waals surface area (Å²) in [5, 5.41) is 0. The maximum atomic E-state index is 13.3. The lowest BCUT2D eigenvalue weighted by molar-refractivity contribution is 0.0586. The molecule has 0 bridgehead atoms. The van der Waals surface area contributed by atoms with Crippen LogP contribution in [0.1, 0.15) is 50.7 Å². The molecule has 1 fully saturated rings. The van der Waals surface area contributed by atoms with Gasteiger partial charge in [-0.1, -0.05) is 36.4 Å². The van der Waals surface area contributed by atoms with Crippen LogP contribution in [0.3, 0.4) is 0 Å². The number of piperidine rings is 1. The second-order valence-electron chi connectivity index (χ2n) is 9.15. The minimum absolute atomic E-state index is 0.155. The van der Waals surface area contributed by atoms with E-state index in [0.717, 1.165) is 40.8 Å². The molecule has 0 unspecified atom stereocenters. The molecule has 0 atom stereocenters. The number of aryl methyl sites for hydroxylation is 1. The molecule has 0 aliphatic carbocycles. The zero-order valence-electron chi connectivity index (χ0n) is 20.9. The van der Waals surface area contributed by atoms with Gasteiger partial charge in [0.15, 0.2) is 5.82 Å². The van der Waals surface area contributed by atoms with Gasteiger partial charge in [0.05, 0.1) is 23.9 Å². The maximum absolute atomic E-state index is 13.3. The first-order valence-corrected chi connectivity index (χ1v) is 12.4. The number of carbonyl (C=O) groups is 2. The summed E-state index contributed by atoms with van der Waals surface area (Å²) in [6.07, 6.45) is 6.93. The van der Waals surface area contributed by atoms with E-state index in [-0.39, 0.29) is 17.4 Å². The van der Waals surface area contributed by atoms with Crippen LogP contribution in [0.15, 0.2) is 79.3 Å². The number of rotatable bonds is 5. The van der Waals surface area contributed by atoms with Crippen LogP contribution in [0, 0.1) is 6.92 Å².